The molecular weight excluding hydrogens is 282 g/mol. The molecule has 0 heterocycles. The molecule has 0 bridgehead atoms. The monoisotopic (exact) mass is 291 g/mol. The summed E-state index contributed by atoms with van der Waals surface area (Å²) in [5, 5.41) is -0.309. The highest BCUT2D eigenvalue weighted by molar-refractivity contribution is 5.90. The molecular formula is C14H9F6. The Bertz CT molecular complexity index is 636. The quantitative estimate of drug-likeness (QED) is 0.629. The SMILES string of the molecule is [CH2]Cc1cc(C(F)(F)F)cc2cccc(C(F)(F)F)c12. The molecule has 0 fully saturated rings. The van der Waals surface area contributed by atoms with Crippen LogP contribution in [-0.2, 0) is 18.8 Å². The number of hydrogen-bond acceptors (Lipinski definition) is 0. The third-order valence-corrected chi connectivity index (χ3v) is 2.96. The lowest BCUT2D eigenvalue weighted by Gasteiger charge is -2.16. The van der Waals surface area contributed by atoms with Crippen LogP contribution in [0, 0.1) is 6.92 Å². The Morgan fingerprint density at radius 1 is 0.900 bits per heavy atom. The fraction of sp³-hybridized carbons (Fsp3) is 0.214. The molecule has 0 spiro atoms. The van der Waals surface area contributed by atoms with Gasteiger partial charge in [-0.05, 0) is 47.9 Å². The average molecular weight is 291 g/mol. The zero-order chi connectivity index (χ0) is 15.1. The molecule has 0 amide bonds. The van der Waals surface area contributed by atoms with Crippen molar-refractivity contribution in [1.82, 2.24) is 0 Å². The summed E-state index contributed by atoms with van der Waals surface area (Å²) >= 11 is 0. The molecule has 107 valence electrons. The van der Waals surface area contributed by atoms with Gasteiger partial charge in [0, 0.05) is 0 Å². The van der Waals surface area contributed by atoms with E-state index in [4.69, 9.17) is 0 Å². The molecule has 2 aromatic rings. The van der Waals surface area contributed by atoms with E-state index in [0.717, 1.165) is 24.3 Å². The van der Waals surface area contributed by atoms with Gasteiger partial charge in [-0.2, -0.15) is 26.3 Å². The smallest absolute Gasteiger partial charge is 0.166 e. The summed E-state index contributed by atoms with van der Waals surface area (Å²) in [5.74, 6) is 0. The maximum absolute atomic E-state index is 12.9. The molecule has 0 aliphatic carbocycles. The van der Waals surface area contributed by atoms with Crippen LogP contribution in [0.25, 0.3) is 10.8 Å². The highest BCUT2D eigenvalue weighted by Crippen LogP contribution is 2.39. The molecule has 1 radical (unpaired) electrons. The fourth-order valence-corrected chi connectivity index (χ4v) is 2.11. The van der Waals surface area contributed by atoms with Gasteiger partial charge in [-0.3, -0.25) is 0 Å². The fourth-order valence-electron chi connectivity index (χ4n) is 2.11. The van der Waals surface area contributed by atoms with Crippen LogP contribution in [0.5, 0.6) is 0 Å². The zero-order valence-corrected chi connectivity index (χ0v) is 10.1. The Hall–Kier alpha value is -1.72. The Balaban J connectivity index is 2.84. The van der Waals surface area contributed by atoms with Crippen LogP contribution in [-0.4, -0.2) is 0 Å². The van der Waals surface area contributed by atoms with Crippen LogP contribution in [0.4, 0.5) is 26.3 Å². The van der Waals surface area contributed by atoms with Crippen molar-refractivity contribution in [2.75, 3.05) is 0 Å². The minimum absolute atomic E-state index is 0.0669. The lowest BCUT2D eigenvalue weighted by Crippen LogP contribution is -2.09. The van der Waals surface area contributed by atoms with E-state index in [-0.39, 0.29) is 22.8 Å². The third-order valence-electron chi connectivity index (χ3n) is 2.96. The van der Waals surface area contributed by atoms with Crippen molar-refractivity contribution in [1.29, 1.82) is 0 Å². The second-order valence-electron chi connectivity index (χ2n) is 4.28. The molecule has 6 heteroatoms. The first kappa shape index (κ1) is 14.7. The summed E-state index contributed by atoms with van der Waals surface area (Å²) < 4.78 is 76.9. The molecule has 20 heavy (non-hydrogen) atoms. The van der Waals surface area contributed by atoms with Gasteiger partial charge < -0.3 is 0 Å². The highest BCUT2D eigenvalue weighted by Gasteiger charge is 2.35. The minimum atomic E-state index is -4.62. The predicted octanol–water partition coefficient (Wildman–Crippen LogP) is 5.25. The van der Waals surface area contributed by atoms with Gasteiger partial charge in [-0.25, -0.2) is 0 Å². The van der Waals surface area contributed by atoms with Gasteiger partial charge >= 0.3 is 12.4 Å². The second-order valence-corrected chi connectivity index (χ2v) is 4.28. The summed E-state index contributed by atoms with van der Waals surface area (Å²) in [6.07, 6.45) is -9.39. The van der Waals surface area contributed by atoms with E-state index < -0.39 is 23.5 Å². The second kappa shape index (κ2) is 4.68. The van der Waals surface area contributed by atoms with Crippen LogP contribution < -0.4 is 0 Å². The molecule has 0 aromatic heterocycles. The first-order chi connectivity index (χ1) is 9.14. The van der Waals surface area contributed by atoms with Crippen molar-refractivity contribution in [3.63, 3.8) is 0 Å². The van der Waals surface area contributed by atoms with Crippen molar-refractivity contribution in [2.24, 2.45) is 0 Å². The number of alkyl halides is 6. The number of rotatable bonds is 1. The molecule has 0 atom stereocenters. The molecule has 2 aromatic carbocycles. The van der Waals surface area contributed by atoms with Gasteiger partial charge in [-0.15, -0.1) is 0 Å². The van der Waals surface area contributed by atoms with Gasteiger partial charge in [0.1, 0.15) is 0 Å². The van der Waals surface area contributed by atoms with E-state index in [0.29, 0.717) is 0 Å². The Labute approximate surface area is 111 Å². The summed E-state index contributed by atoms with van der Waals surface area (Å²) in [6.45, 7) is 3.42. The maximum atomic E-state index is 12.9. The lowest BCUT2D eigenvalue weighted by molar-refractivity contribution is -0.137. The number of hydrogen-bond donors (Lipinski definition) is 0. The van der Waals surface area contributed by atoms with Crippen molar-refractivity contribution in [3.8, 4) is 0 Å². The molecule has 0 aliphatic heterocycles. The van der Waals surface area contributed by atoms with Crippen molar-refractivity contribution >= 4 is 10.8 Å². The van der Waals surface area contributed by atoms with Crippen LogP contribution in [0.3, 0.4) is 0 Å². The Kier molecular flexibility index (Phi) is 3.44. The van der Waals surface area contributed by atoms with Crippen LogP contribution in [0.1, 0.15) is 16.7 Å². The topological polar surface area (TPSA) is 0 Å². The molecule has 2 rings (SSSR count). The summed E-state index contributed by atoms with van der Waals surface area (Å²) in [4.78, 5) is 0. The molecule has 0 saturated carbocycles. The van der Waals surface area contributed by atoms with Crippen LogP contribution >= 0.6 is 0 Å². The maximum Gasteiger partial charge on any atom is 0.417 e. The number of fused-ring (bicyclic) bond motifs is 1. The van der Waals surface area contributed by atoms with Crippen molar-refractivity contribution in [3.05, 3.63) is 53.9 Å². The van der Waals surface area contributed by atoms with Crippen molar-refractivity contribution in [2.45, 2.75) is 18.8 Å². The van der Waals surface area contributed by atoms with Crippen LogP contribution in [0.15, 0.2) is 30.3 Å². The molecule has 0 N–H and O–H groups in total. The highest BCUT2D eigenvalue weighted by atomic mass is 19.4. The molecule has 0 nitrogen and oxygen atoms in total. The number of benzene rings is 2. The zero-order valence-electron chi connectivity index (χ0n) is 10.1. The van der Waals surface area contributed by atoms with Crippen molar-refractivity contribution < 1.29 is 26.3 Å². The van der Waals surface area contributed by atoms with Gasteiger partial charge in [0.15, 0.2) is 0 Å². The standard InChI is InChI=1S/C14H9F6/c1-2-8-6-10(13(15,16)17)7-9-4-3-5-11(12(8)9)14(18,19)20/h3-7H,1-2H2. The van der Waals surface area contributed by atoms with E-state index in [9.17, 15) is 26.3 Å². The molecule has 0 aliphatic rings. The normalized spacial score (nSPS) is 12.9. The van der Waals surface area contributed by atoms with E-state index in [1.54, 1.807) is 0 Å². The lowest BCUT2D eigenvalue weighted by atomic mass is 9.95. The first-order valence-electron chi connectivity index (χ1n) is 5.64. The van der Waals surface area contributed by atoms with E-state index >= 15 is 0 Å². The number of halogens is 6. The van der Waals surface area contributed by atoms with Crippen LogP contribution in [0.2, 0.25) is 0 Å². The van der Waals surface area contributed by atoms with E-state index in [1.807, 2.05) is 0 Å². The third kappa shape index (κ3) is 2.59. The summed E-state index contributed by atoms with van der Waals surface area (Å²) in [7, 11) is 0. The summed E-state index contributed by atoms with van der Waals surface area (Å²) in [5.41, 5.74) is -1.98. The first-order valence-corrected chi connectivity index (χ1v) is 5.64. The van der Waals surface area contributed by atoms with Gasteiger partial charge in [0.2, 0.25) is 0 Å². The Morgan fingerprint density at radius 2 is 1.55 bits per heavy atom. The van der Waals surface area contributed by atoms with Gasteiger partial charge in [0.25, 0.3) is 0 Å². The molecule has 0 saturated heterocycles. The largest absolute Gasteiger partial charge is 0.417 e. The Morgan fingerprint density at radius 3 is 2.05 bits per heavy atom. The van der Waals surface area contributed by atoms with E-state index in [2.05, 4.69) is 6.92 Å². The minimum Gasteiger partial charge on any atom is -0.166 e. The van der Waals surface area contributed by atoms with E-state index in [1.165, 1.54) is 6.07 Å². The molecule has 0 unspecified atom stereocenters. The summed E-state index contributed by atoms with van der Waals surface area (Å²) in [6, 6.07) is 4.64. The average Bonchev–Trinajstić information content (AvgIpc) is 2.34. The predicted molar refractivity (Wildman–Crippen MR) is 63.0 cm³/mol. The van der Waals surface area contributed by atoms with Gasteiger partial charge in [0.05, 0.1) is 11.1 Å². The van der Waals surface area contributed by atoms with Gasteiger partial charge in [-0.1, -0.05) is 12.1 Å².